The SMILES string of the molecule is N#Cc1scnc1-c1ccccc1Br. The summed E-state index contributed by atoms with van der Waals surface area (Å²) in [5.41, 5.74) is 3.41. The summed E-state index contributed by atoms with van der Waals surface area (Å²) in [5.74, 6) is 0. The Hall–Kier alpha value is -1.18. The molecule has 0 amide bonds. The maximum atomic E-state index is 8.86. The Morgan fingerprint density at radius 3 is 2.86 bits per heavy atom. The van der Waals surface area contributed by atoms with E-state index in [1.165, 1.54) is 11.3 Å². The second kappa shape index (κ2) is 3.91. The molecule has 0 bridgehead atoms. The van der Waals surface area contributed by atoms with E-state index in [2.05, 4.69) is 27.0 Å². The van der Waals surface area contributed by atoms with Gasteiger partial charge in [-0.2, -0.15) is 5.26 Å². The van der Waals surface area contributed by atoms with Crippen LogP contribution in [-0.2, 0) is 0 Å². The van der Waals surface area contributed by atoms with Crippen molar-refractivity contribution in [3.8, 4) is 17.3 Å². The third kappa shape index (κ3) is 1.57. The summed E-state index contributed by atoms with van der Waals surface area (Å²) >= 11 is 4.80. The van der Waals surface area contributed by atoms with Gasteiger partial charge in [0.2, 0.25) is 0 Å². The molecule has 68 valence electrons. The van der Waals surface area contributed by atoms with Gasteiger partial charge in [0.25, 0.3) is 0 Å². The van der Waals surface area contributed by atoms with Crippen molar-refractivity contribution in [1.82, 2.24) is 4.98 Å². The van der Waals surface area contributed by atoms with Gasteiger partial charge in [-0.3, -0.25) is 0 Å². The number of nitriles is 1. The van der Waals surface area contributed by atoms with Crippen molar-refractivity contribution >= 4 is 27.3 Å². The second-order valence-electron chi connectivity index (χ2n) is 2.62. The lowest BCUT2D eigenvalue weighted by molar-refractivity contribution is 1.38. The van der Waals surface area contributed by atoms with Gasteiger partial charge in [0.15, 0.2) is 0 Å². The maximum absolute atomic E-state index is 8.86. The molecular weight excluding hydrogens is 260 g/mol. The Bertz CT molecular complexity index is 499. The highest BCUT2D eigenvalue weighted by molar-refractivity contribution is 9.10. The van der Waals surface area contributed by atoms with Crippen LogP contribution in [0.2, 0.25) is 0 Å². The molecule has 0 N–H and O–H groups in total. The highest BCUT2D eigenvalue weighted by atomic mass is 79.9. The Kier molecular flexibility index (Phi) is 2.62. The zero-order valence-electron chi connectivity index (χ0n) is 7.07. The first-order valence-electron chi connectivity index (χ1n) is 3.91. The van der Waals surface area contributed by atoms with Gasteiger partial charge in [0, 0.05) is 10.0 Å². The van der Waals surface area contributed by atoms with Crippen LogP contribution in [0.25, 0.3) is 11.3 Å². The summed E-state index contributed by atoms with van der Waals surface area (Å²) in [6, 6.07) is 9.89. The minimum absolute atomic E-state index is 0.650. The highest BCUT2D eigenvalue weighted by Gasteiger charge is 2.10. The molecule has 1 heterocycles. The molecule has 0 saturated heterocycles. The van der Waals surface area contributed by atoms with Gasteiger partial charge in [-0.1, -0.05) is 34.1 Å². The van der Waals surface area contributed by atoms with Gasteiger partial charge in [0.1, 0.15) is 16.6 Å². The number of thiazole rings is 1. The molecular formula is C10H5BrN2S. The van der Waals surface area contributed by atoms with Gasteiger partial charge in [-0.15, -0.1) is 11.3 Å². The van der Waals surface area contributed by atoms with E-state index in [4.69, 9.17) is 5.26 Å². The van der Waals surface area contributed by atoms with Gasteiger partial charge >= 0.3 is 0 Å². The van der Waals surface area contributed by atoms with Crippen LogP contribution in [-0.4, -0.2) is 4.98 Å². The first kappa shape index (κ1) is 9.38. The molecule has 0 saturated carbocycles. The fraction of sp³-hybridized carbons (Fsp3) is 0. The number of benzene rings is 1. The average Bonchev–Trinajstić information content (AvgIpc) is 2.66. The summed E-state index contributed by atoms with van der Waals surface area (Å²) < 4.78 is 0.961. The number of hydrogen-bond donors (Lipinski definition) is 0. The smallest absolute Gasteiger partial charge is 0.132 e. The molecule has 0 spiro atoms. The Labute approximate surface area is 94.0 Å². The topological polar surface area (TPSA) is 36.7 Å². The van der Waals surface area contributed by atoms with E-state index < -0.39 is 0 Å². The summed E-state index contributed by atoms with van der Waals surface area (Å²) in [7, 11) is 0. The maximum Gasteiger partial charge on any atom is 0.132 e. The molecule has 2 nitrogen and oxygen atoms in total. The molecule has 4 heteroatoms. The van der Waals surface area contributed by atoms with Crippen molar-refractivity contribution in [3.05, 3.63) is 39.1 Å². The lowest BCUT2D eigenvalue weighted by atomic mass is 10.1. The van der Waals surface area contributed by atoms with Crippen LogP contribution in [0.1, 0.15) is 4.88 Å². The molecule has 0 atom stereocenters. The minimum Gasteiger partial charge on any atom is -0.243 e. The zero-order chi connectivity index (χ0) is 9.97. The third-order valence-electron chi connectivity index (χ3n) is 1.80. The van der Waals surface area contributed by atoms with E-state index in [1.807, 2.05) is 24.3 Å². The van der Waals surface area contributed by atoms with Crippen LogP contribution in [0, 0.1) is 11.3 Å². The molecule has 1 aromatic heterocycles. The van der Waals surface area contributed by atoms with Crippen LogP contribution in [0.4, 0.5) is 0 Å². The zero-order valence-corrected chi connectivity index (χ0v) is 9.47. The van der Waals surface area contributed by atoms with Crippen molar-refractivity contribution in [3.63, 3.8) is 0 Å². The number of nitrogens with zero attached hydrogens (tertiary/aromatic N) is 2. The van der Waals surface area contributed by atoms with Gasteiger partial charge in [0.05, 0.1) is 5.51 Å². The van der Waals surface area contributed by atoms with E-state index in [-0.39, 0.29) is 0 Å². The average molecular weight is 265 g/mol. The fourth-order valence-corrected chi connectivity index (χ4v) is 2.23. The largest absolute Gasteiger partial charge is 0.243 e. The Balaban J connectivity index is 2.62. The number of rotatable bonds is 1. The van der Waals surface area contributed by atoms with Crippen molar-refractivity contribution in [1.29, 1.82) is 5.26 Å². The number of hydrogen-bond acceptors (Lipinski definition) is 3. The second-order valence-corrected chi connectivity index (χ2v) is 4.33. The highest BCUT2D eigenvalue weighted by Crippen LogP contribution is 2.30. The van der Waals surface area contributed by atoms with Crippen LogP contribution in [0.5, 0.6) is 0 Å². The standard InChI is InChI=1S/C10H5BrN2S/c11-8-4-2-1-3-7(8)10-9(5-12)14-6-13-10/h1-4,6H. The lowest BCUT2D eigenvalue weighted by Gasteiger charge is -1.99. The summed E-state index contributed by atoms with van der Waals surface area (Å²) in [6.45, 7) is 0. The first-order valence-corrected chi connectivity index (χ1v) is 5.58. The molecule has 2 rings (SSSR count). The molecule has 0 unspecified atom stereocenters. The summed E-state index contributed by atoms with van der Waals surface area (Å²) in [4.78, 5) is 4.83. The van der Waals surface area contributed by atoms with Crippen molar-refractivity contribution in [2.24, 2.45) is 0 Å². The molecule has 14 heavy (non-hydrogen) atoms. The van der Waals surface area contributed by atoms with Crippen LogP contribution in [0.3, 0.4) is 0 Å². The molecule has 0 aliphatic rings. The fourth-order valence-electron chi connectivity index (χ4n) is 1.17. The van der Waals surface area contributed by atoms with Crippen molar-refractivity contribution in [2.75, 3.05) is 0 Å². The first-order chi connectivity index (χ1) is 6.83. The predicted molar refractivity (Wildman–Crippen MR) is 60.0 cm³/mol. The summed E-state index contributed by atoms with van der Waals surface area (Å²) in [5, 5.41) is 8.86. The number of aromatic nitrogens is 1. The summed E-state index contributed by atoms with van der Waals surface area (Å²) in [6.07, 6.45) is 0. The minimum atomic E-state index is 0.650. The normalized spacial score (nSPS) is 9.71. The van der Waals surface area contributed by atoms with Gasteiger partial charge in [-0.05, 0) is 6.07 Å². The van der Waals surface area contributed by atoms with Gasteiger partial charge < -0.3 is 0 Å². The molecule has 0 fully saturated rings. The third-order valence-corrected chi connectivity index (χ3v) is 3.22. The van der Waals surface area contributed by atoms with E-state index in [9.17, 15) is 0 Å². The Morgan fingerprint density at radius 1 is 1.36 bits per heavy atom. The predicted octanol–water partition coefficient (Wildman–Crippen LogP) is 3.44. The monoisotopic (exact) mass is 264 g/mol. The van der Waals surface area contributed by atoms with Crippen LogP contribution < -0.4 is 0 Å². The van der Waals surface area contributed by atoms with E-state index in [0.29, 0.717) is 4.88 Å². The van der Waals surface area contributed by atoms with E-state index in [1.54, 1.807) is 5.51 Å². The van der Waals surface area contributed by atoms with Crippen LogP contribution >= 0.6 is 27.3 Å². The number of halogens is 1. The van der Waals surface area contributed by atoms with E-state index >= 15 is 0 Å². The quantitative estimate of drug-likeness (QED) is 0.791. The molecule has 0 aliphatic carbocycles. The van der Waals surface area contributed by atoms with Crippen molar-refractivity contribution < 1.29 is 0 Å². The molecule has 2 aromatic rings. The molecule has 0 aliphatic heterocycles. The Morgan fingerprint density at radius 2 is 2.14 bits per heavy atom. The van der Waals surface area contributed by atoms with E-state index in [0.717, 1.165) is 15.7 Å². The van der Waals surface area contributed by atoms with Gasteiger partial charge in [-0.25, -0.2) is 4.98 Å². The van der Waals surface area contributed by atoms with Crippen molar-refractivity contribution in [2.45, 2.75) is 0 Å². The molecule has 1 aromatic carbocycles. The van der Waals surface area contributed by atoms with Crippen LogP contribution in [0.15, 0.2) is 34.2 Å². The lowest BCUT2D eigenvalue weighted by Crippen LogP contribution is -1.81. The molecule has 0 radical (unpaired) electrons.